The largest absolute Gasteiger partial charge is 0.497 e. The number of benzene rings is 2. The smallest absolute Gasteiger partial charge is 0.261 e. The zero-order chi connectivity index (χ0) is 15.7. The first-order valence-corrected chi connectivity index (χ1v) is 6.82. The molecule has 3 rings (SSSR count). The number of fused-ring (bicyclic) bond motifs is 1. The topological polar surface area (TPSA) is 55.8 Å². The molecule has 0 saturated carbocycles. The van der Waals surface area contributed by atoms with Crippen LogP contribution in [0.4, 0.5) is 0 Å². The lowest BCUT2D eigenvalue weighted by atomic mass is 10.1. The molecule has 0 saturated heterocycles. The van der Waals surface area contributed by atoms with Crippen molar-refractivity contribution in [3.05, 3.63) is 59.2 Å². The number of hydrogen-bond acceptors (Lipinski definition) is 4. The Morgan fingerprint density at radius 1 is 0.909 bits per heavy atom. The van der Waals surface area contributed by atoms with Crippen LogP contribution in [0.15, 0.2) is 42.5 Å². The van der Waals surface area contributed by atoms with E-state index >= 15 is 0 Å². The van der Waals surface area contributed by atoms with Crippen LogP contribution in [-0.2, 0) is 6.54 Å². The van der Waals surface area contributed by atoms with E-state index in [1.165, 1.54) is 4.90 Å². The minimum absolute atomic E-state index is 0.146. The van der Waals surface area contributed by atoms with Crippen molar-refractivity contribution in [2.24, 2.45) is 0 Å². The average molecular weight is 297 g/mol. The van der Waals surface area contributed by atoms with E-state index in [1.807, 2.05) is 0 Å². The molecule has 2 aromatic carbocycles. The predicted molar refractivity (Wildman–Crippen MR) is 80.2 cm³/mol. The van der Waals surface area contributed by atoms with Crippen LogP contribution < -0.4 is 9.47 Å². The van der Waals surface area contributed by atoms with Gasteiger partial charge in [-0.2, -0.15) is 0 Å². The van der Waals surface area contributed by atoms with Crippen molar-refractivity contribution in [1.29, 1.82) is 0 Å². The van der Waals surface area contributed by atoms with Crippen LogP contribution in [-0.4, -0.2) is 30.9 Å². The fourth-order valence-corrected chi connectivity index (χ4v) is 2.56. The first-order chi connectivity index (χ1) is 10.7. The number of nitrogens with zero attached hydrogens (tertiary/aromatic N) is 1. The molecule has 0 unspecified atom stereocenters. The van der Waals surface area contributed by atoms with Gasteiger partial charge in [-0.15, -0.1) is 0 Å². The molecular formula is C17H15NO4. The number of amides is 2. The SMILES string of the molecule is COc1ccc(OC)c(CN2C(=O)c3ccccc3C2=O)c1. The van der Waals surface area contributed by atoms with Gasteiger partial charge in [0.05, 0.1) is 31.9 Å². The van der Waals surface area contributed by atoms with Gasteiger partial charge in [0.25, 0.3) is 11.8 Å². The standard InChI is InChI=1S/C17H15NO4/c1-21-12-7-8-15(22-2)11(9-12)10-18-16(19)13-5-3-4-6-14(13)17(18)20/h3-9H,10H2,1-2H3. The van der Waals surface area contributed by atoms with Crippen LogP contribution in [0.25, 0.3) is 0 Å². The van der Waals surface area contributed by atoms with Crippen molar-refractivity contribution in [3.63, 3.8) is 0 Å². The Labute approximate surface area is 128 Å². The summed E-state index contributed by atoms with van der Waals surface area (Å²) in [5.74, 6) is 0.681. The molecule has 1 aliphatic rings. The molecule has 1 heterocycles. The van der Waals surface area contributed by atoms with E-state index in [2.05, 4.69) is 0 Å². The second kappa shape index (κ2) is 5.52. The Morgan fingerprint density at radius 3 is 2.09 bits per heavy atom. The molecule has 0 aliphatic carbocycles. The monoisotopic (exact) mass is 297 g/mol. The molecule has 0 bridgehead atoms. The van der Waals surface area contributed by atoms with Crippen molar-refractivity contribution in [1.82, 2.24) is 4.90 Å². The van der Waals surface area contributed by atoms with Gasteiger partial charge < -0.3 is 9.47 Å². The van der Waals surface area contributed by atoms with Gasteiger partial charge >= 0.3 is 0 Å². The highest BCUT2D eigenvalue weighted by Gasteiger charge is 2.35. The maximum absolute atomic E-state index is 12.4. The summed E-state index contributed by atoms with van der Waals surface area (Å²) in [6.07, 6.45) is 0. The van der Waals surface area contributed by atoms with Gasteiger partial charge in [0.1, 0.15) is 11.5 Å². The quantitative estimate of drug-likeness (QED) is 0.814. The molecule has 112 valence electrons. The molecule has 0 atom stereocenters. The highest BCUT2D eigenvalue weighted by molar-refractivity contribution is 6.21. The Kier molecular flexibility index (Phi) is 3.55. The van der Waals surface area contributed by atoms with Crippen molar-refractivity contribution >= 4 is 11.8 Å². The average Bonchev–Trinajstić information content (AvgIpc) is 2.80. The summed E-state index contributed by atoms with van der Waals surface area (Å²) in [7, 11) is 3.11. The van der Waals surface area contributed by atoms with Crippen LogP contribution in [0, 0.1) is 0 Å². The summed E-state index contributed by atoms with van der Waals surface area (Å²) in [5, 5.41) is 0. The van der Waals surface area contributed by atoms with Crippen molar-refractivity contribution in [2.45, 2.75) is 6.54 Å². The molecule has 1 aliphatic heterocycles. The number of imide groups is 1. The fraction of sp³-hybridized carbons (Fsp3) is 0.176. The Hall–Kier alpha value is -2.82. The molecule has 0 spiro atoms. The van der Waals surface area contributed by atoms with E-state index in [1.54, 1.807) is 56.7 Å². The fourth-order valence-electron chi connectivity index (χ4n) is 2.56. The summed E-state index contributed by atoms with van der Waals surface area (Å²) in [5.41, 5.74) is 1.60. The van der Waals surface area contributed by atoms with Gasteiger partial charge in [-0.25, -0.2) is 0 Å². The molecule has 2 amide bonds. The van der Waals surface area contributed by atoms with Gasteiger partial charge in [0.2, 0.25) is 0 Å². The van der Waals surface area contributed by atoms with E-state index in [0.29, 0.717) is 22.6 Å². The first kappa shape index (κ1) is 14.1. The molecule has 2 aromatic rings. The van der Waals surface area contributed by atoms with Crippen LogP contribution in [0.2, 0.25) is 0 Å². The summed E-state index contributed by atoms with van der Waals surface area (Å²) in [6.45, 7) is 0.146. The lowest BCUT2D eigenvalue weighted by Crippen LogP contribution is -2.29. The number of rotatable bonds is 4. The van der Waals surface area contributed by atoms with Crippen LogP contribution in [0.5, 0.6) is 11.5 Å². The van der Waals surface area contributed by atoms with Crippen molar-refractivity contribution in [3.8, 4) is 11.5 Å². The zero-order valence-electron chi connectivity index (χ0n) is 12.3. The van der Waals surface area contributed by atoms with E-state index in [0.717, 1.165) is 5.56 Å². The number of carbonyl (C=O) groups excluding carboxylic acids is 2. The molecule has 5 heteroatoms. The Morgan fingerprint density at radius 2 is 1.55 bits per heavy atom. The molecular weight excluding hydrogens is 282 g/mol. The number of methoxy groups -OCH3 is 2. The Balaban J connectivity index is 1.95. The lowest BCUT2D eigenvalue weighted by Gasteiger charge is -2.17. The molecule has 0 aromatic heterocycles. The second-order valence-electron chi connectivity index (χ2n) is 4.92. The summed E-state index contributed by atoms with van der Waals surface area (Å²) in [6, 6.07) is 12.1. The number of hydrogen-bond donors (Lipinski definition) is 0. The van der Waals surface area contributed by atoms with E-state index in [9.17, 15) is 9.59 Å². The molecule has 0 N–H and O–H groups in total. The van der Waals surface area contributed by atoms with Crippen LogP contribution in [0.1, 0.15) is 26.3 Å². The lowest BCUT2D eigenvalue weighted by molar-refractivity contribution is 0.0641. The number of ether oxygens (including phenoxy) is 2. The number of carbonyl (C=O) groups is 2. The second-order valence-corrected chi connectivity index (χ2v) is 4.92. The highest BCUT2D eigenvalue weighted by atomic mass is 16.5. The molecule has 0 radical (unpaired) electrons. The van der Waals surface area contributed by atoms with Gasteiger partial charge in [0.15, 0.2) is 0 Å². The third-order valence-electron chi connectivity index (χ3n) is 3.69. The minimum atomic E-state index is -0.287. The summed E-state index contributed by atoms with van der Waals surface area (Å²) >= 11 is 0. The molecule has 0 fully saturated rings. The van der Waals surface area contributed by atoms with Crippen molar-refractivity contribution in [2.75, 3.05) is 14.2 Å². The van der Waals surface area contributed by atoms with E-state index in [-0.39, 0.29) is 18.4 Å². The summed E-state index contributed by atoms with van der Waals surface area (Å²) < 4.78 is 10.5. The van der Waals surface area contributed by atoms with E-state index in [4.69, 9.17) is 9.47 Å². The maximum Gasteiger partial charge on any atom is 0.261 e. The predicted octanol–water partition coefficient (Wildman–Crippen LogP) is 2.50. The molecule has 5 nitrogen and oxygen atoms in total. The van der Waals surface area contributed by atoms with Gasteiger partial charge in [-0.1, -0.05) is 12.1 Å². The normalized spacial score (nSPS) is 13.3. The van der Waals surface area contributed by atoms with Crippen LogP contribution >= 0.6 is 0 Å². The highest BCUT2D eigenvalue weighted by Crippen LogP contribution is 2.29. The third-order valence-corrected chi connectivity index (χ3v) is 3.69. The van der Waals surface area contributed by atoms with Gasteiger partial charge in [-0.3, -0.25) is 14.5 Å². The molecule has 22 heavy (non-hydrogen) atoms. The zero-order valence-corrected chi connectivity index (χ0v) is 12.3. The van der Waals surface area contributed by atoms with Gasteiger partial charge in [0, 0.05) is 5.56 Å². The minimum Gasteiger partial charge on any atom is -0.497 e. The maximum atomic E-state index is 12.4. The third kappa shape index (κ3) is 2.20. The van der Waals surface area contributed by atoms with E-state index < -0.39 is 0 Å². The first-order valence-electron chi connectivity index (χ1n) is 6.82. The van der Waals surface area contributed by atoms with Crippen LogP contribution in [0.3, 0.4) is 0 Å². The summed E-state index contributed by atoms with van der Waals surface area (Å²) in [4.78, 5) is 26.0. The van der Waals surface area contributed by atoms with Gasteiger partial charge in [-0.05, 0) is 30.3 Å². The van der Waals surface area contributed by atoms with Crippen molar-refractivity contribution < 1.29 is 19.1 Å². The Bertz CT molecular complexity index is 719.